The number of benzene rings is 2. The van der Waals surface area contributed by atoms with Crippen molar-refractivity contribution in [1.29, 1.82) is 0 Å². The number of amides is 4. The summed E-state index contributed by atoms with van der Waals surface area (Å²) in [5.41, 5.74) is -1.24. The van der Waals surface area contributed by atoms with Gasteiger partial charge in [-0.15, -0.1) is 0 Å². The molecule has 316 valence electrons. The largest absolute Gasteiger partial charge is 0.470 e. The summed E-state index contributed by atoms with van der Waals surface area (Å²) in [6, 6.07) is 9.21. The molecule has 3 saturated carbocycles. The molecule has 18 heteroatoms. The number of carbonyl (C=O) groups excluding carboxylic acids is 4. The number of furan rings is 1. The molecule has 2 aromatic heterocycles. The lowest BCUT2D eigenvalue weighted by atomic mass is 10.0. The van der Waals surface area contributed by atoms with E-state index in [9.17, 15) is 40.8 Å². The Morgan fingerprint density at radius 3 is 2.47 bits per heavy atom. The van der Waals surface area contributed by atoms with Crippen LogP contribution in [0.5, 0.6) is 5.88 Å². The van der Waals surface area contributed by atoms with E-state index in [4.69, 9.17) is 9.15 Å². The van der Waals surface area contributed by atoms with Crippen LogP contribution in [0.1, 0.15) is 76.2 Å². The van der Waals surface area contributed by atoms with Gasteiger partial charge in [-0.3, -0.25) is 23.9 Å². The van der Waals surface area contributed by atoms with Crippen LogP contribution in [0.3, 0.4) is 0 Å². The van der Waals surface area contributed by atoms with Gasteiger partial charge in [0.25, 0.3) is 11.8 Å². The van der Waals surface area contributed by atoms with Gasteiger partial charge in [-0.25, -0.2) is 13.4 Å². The van der Waals surface area contributed by atoms with Crippen LogP contribution < -0.4 is 20.1 Å². The first-order chi connectivity index (χ1) is 28.7. The fraction of sp³-hybridized carbons (Fsp3) is 0.476. The van der Waals surface area contributed by atoms with Crippen molar-refractivity contribution < 1.29 is 49.9 Å². The molecule has 4 heterocycles. The highest BCUT2D eigenvalue weighted by atomic mass is 32.2. The Morgan fingerprint density at radius 2 is 1.73 bits per heavy atom. The van der Waals surface area contributed by atoms with Gasteiger partial charge in [-0.2, -0.15) is 18.2 Å². The van der Waals surface area contributed by atoms with E-state index in [0.717, 1.165) is 37.8 Å². The molecule has 0 spiro atoms. The maximum Gasteiger partial charge on any atom is 0.416 e. The third-order valence-electron chi connectivity index (χ3n) is 12.0. The summed E-state index contributed by atoms with van der Waals surface area (Å²) in [5.74, 6) is -2.99. The number of allylic oxidation sites excluding steroid dienone is 1. The Kier molecular flexibility index (Phi) is 10.1. The molecule has 0 unspecified atom stereocenters. The molecule has 5 aliphatic rings. The molecule has 3 aliphatic carbocycles. The van der Waals surface area contributed by atoms with Gasteiger partial charge < -0.3 is 24.7 Å². The maximum atomic E-state index is 14.6. The third kappa shape index (κ3) is 7.92. The molecule has 1 saturated heterocycles. The Labute approximate surface area is 342 Å². The van der Waals surface area contributed by atoms with E-state index in [2.05, 4.69) is 25.3 Å². The lowest BCUT2D eigenvalue weighted by Crippen LogP contribution is -2.58. The van der Waals surface area contributed by atoms with Crippen molar-refractivity contribution >= 4 is 55.7 Å². The zero-order valence-corrected chi connectivity index (χ0v) is 33.2. The second-order valence-corrected chi connectivity index (χ2v) is 18.5. The smallest absolute Gasteiger partial charge is 0.416 e. The molecule has 0 bridgehead atoms. The number of fused-ring (bicyclic) bond motifs is 5. The highest BCUT2D eigenvalue weighted by Crippen LogP contribution is 2.46. The molecule has 0 radical (unpaired) electrons. The first-order valence-electron chi connectivity index (χ1n) is 20.4. The summed E-state index contributed by atoms with van der Waals surface area (Å²) >= 11 is 0. The number of halogens is 3. The van der Waals surface area contributed by atoms with Gasteiger partial charge in [0, 0.05) is 29.2 Å². The van der Waals surface area contributed by atoms with E-state index >= 15 is 0 Å². The van der Waals surface area contributed by atoms with Gasteiger partial charge in [0.05, 0.1) is 17.4 Å². The van der Waals surface area contributed by atoms with Crippen molar-refractivity contribution in [3.05, 3.63) is 66.2 Å². The van der Waals surface area contributed by atoms with E-state index in [0.29, 0.717) is 48.6 Å². The number of nitrogens with zero attached hydrogens (tertiary/aromatic N) is 3. The van der Waals surface area contributed by atoms with Crippen LogP contribution in [0.15, 0.2) is 65.1 Å². The number of rotatable bonds is 8. The Balaban J connectivity index is 1.06. The highest BCUT2D eigenvalue weighted by molar-refractivity contribution is 7.91. The van der Waals surface area contributed by atoms with E-state index in [-0.39, 0.29) is 54.1 Å². The van der Waals surface area contributed by atoms with Crippen LogP contribution in [0.4, 0.5) is 13.2 Å². The number of nitrogens with one attached hydrogen (secondary N) is 3. The van der Waals surface area contributed by atoms with E-state index in [1.807, 2.05) is 12.2 Å². The zero-order valence-electron chi connectivity index (χ0n) is 32.4. The summed E-state index contributed by atoms with van der Waals surface area (Å²) in [6.07, 6.45) is 3.77. The number of alkyl halides is 3. The quantitative estimate of drug-likeness (QED) is 0.196. The Hall–Kier alpha value is -5.52. The number of para-hydroxylation sites is 1. The molecule has 14 nitrogen and oxygen atoms in total. The molecule has 5 atom stereocenters. The molecule has 3 N–H and O–H groups in total. The minimum absolute atomic E-state index is 0.0456. The molecule has 4 amide bonds. The van der Waals surface area contributed by atoms with E-state index < -0.39 is 74.4 Å². The second kappa shape index (κ2) is 15.2. The zero-order chi connectivity index (χ0) is 42.0. The van der Waals surface area contributed by atoms with Crippen molar-refractivity contribution in [2.75, 3.05) is 6.54 Å². The average Bonchev–Trinajstić information content (AvgIpc) is 4.14. The minimum atomic E-state index is -4.56. The van der Waals surface area contributed by atoms with E-state index in [1.165, 1.54) is 17.0 Å². The van der Waals surface area contributed by atoms with Gasteiger partial charge in [-0.1, -0.05) is 49.3 Å². The van der Waals surface area contributed by atoms with Crippen molar-refractivity contribution in [3.8, 4) is 17.3 Å². The summed E-state index contributed by atoms with van der Waals surface area (Å²) < 4.78 is 81.0. The normalized spacial score (nSPS) is 26.9. The lowest BCUT2D eigenvalue weighted by molar-refractivity contribution is -0.142. The Morgan fingerprint density at radius 1 is 0.967 bits per heavy atom. The van der Waals surface area contributed by atoms with Crippen LogP contribution in [0.25, 0.3) is 33.5 Å². The van der Waals surface area contributed by atoms with Gasteiger partial charge in [-0.05, 0) is 75.6 Å². The molecule has 4 aromatic rings. The predicted octanol–water partition coefficient (Wildman–Crippen LogP) is 5.31. The standard InChI is InChI=1S/C42H43F3N6O8S/c43-42(44,45)25-16-14-23(15-17-25)35-47-33-29-9-6-7-11-32(29)59-34(33)38(48-35)58-27-20-31-37(53)49-41(40(55)50-60(56,57)28-18-19-28)21-26(41)8-4-2-1-3-5-10-30(39(54)51(31)22-27)46-36(52)24-12-13-24/h4,6-9,11,14-17,24,26-28,30-31H,1-3,5,10,12-13,18-22H2,(H,46,52)(H,49,53)(H,50,55)/b8-4-/t26-,27-,30+,31+,41-/m1/s1. The first kappa shape index (κ1) is 39.9. The Bertz CT molecular complexity index is 2520. The fourth-order valence-corrected chi connectivity index (χ4v) is 9.59. The number of ether oxygens (including phenoxy) is 1. The number of hydrogen-bond donors (Lipinski definition) is 3. The average molecular weight is 849 g/mol. The van der Waals surface area contributed by atoms with Crippen molar-refractivity contribution in [1.82, 2.24) is 30.2 Å². The monoisotopic (exact) mass is 848 g/mol. The molecule has 60 heavy (non-hydrogen) atoms. The van der Waals surface area contributed by atoms with Gasteiger partial charge >= 0.3 is 6.18 Å². The summed E-state index contributed by atoms with van der Waals surface area (Å²) in [7, 11) is -3.95. The van der Waals surface area contributed by atoms with Gasteiger partial charge in [0.2, 0.25) is 33.3 Å². The number of carbonyl (C=O) groups is 4. The predicted molar refractivity (Wildman–Crippen MR) is 210 cm³/mol. The molecule has 9 rings (SSSR count). The van der Waals surface area contributed by atoms with Crippen LogP contribution in [-0.4, -0.2) is 82.4 Å². The summed E-state index contributed by atoms with van der Waals surface area (Å²) in [4.78, 5) is 66.6. The number of sulfonamides is 1. The first-order valence-corrected chi connectivity index (χ1v) is 21.9. The van der Waals surface area contributed by atoms with Crippen molar-refractivity contribution in [2.24, 2.45) is 11.8 Å². The summed E-state index contributed by atoms with van der Waals surface area (Å²) in [6.45, 7) is -0.146. The number of aromatic nitrogens is 2. The van der Waals surface area contributed by atoms with Crippen LogP contribution in [0, 0.1) is 11.8 Å². The molecule has 4 fully saturated rings. The molecular formula is C42H43F3N6O8S. The molecule has 2 aromatic carbocycles. The van der Waals surface area contributed by atoms with Crippen molar-refractivity contribution in [3.63, 3.8) is 0 Å². The van der Waals surface area contributed by atoms with Crippen LogP contribution in [0.2, 0.25) is 0 Å². The topological polar surface area (TPSA) is 190 Å². The fourth-order valence-electron chi connectivity index (χ4n) is 8.22. The van der Waals surface area contributed by atoms with Crippen molar-refractivity contribution in [2.45, 2.75) is 106 Å². The van der Waals surface area contributed by atoms with E-state index in [1.54, 1.807) is 24.3 Å². The minimum Gasteiger partial charge on any atom is -0.470 e. The van der Waals surface area contributed by atoms with Crippen LogP contribution in [-0.2, 0) is 35.4 Å². The maximum absolute atomic E-state index is 14.6. The van der Waals surface area contributed by atoms with Crippen LogP contribution >= 0.6 is 0 Å². The third-order valence-corrected chi connectivity index (χ3v) is 13.9. The molecular weight excluding hydrogens is 806 g/mol. The molecule has 2 aliphatic heterocycles. The lowest BCUT2D eigenvalue weighted by Gasteiger charge is -2.30. The van der Waals surface area contributed by atoms with Gasteiger partial charge in [0.1, 0.15) is 34.8 Å². The van der Waals surface area contributed by atoms with Gasteiger partial charge in [0.15, 0.2) is 5.82 Å². The highest BCUT2D eigenvalue weighted by Gasteiger charge is 2.62. The number of hydrogen-bond acceptors (Lipinski definition) is 10. The SMILES string of the molecule is O=C(N[C@H]1CCCCC/C=C\[C@@H]2C[C@@]2(C(=O)NS(=O)(=O)C2CC2)NC(=O)[C@@H]2C[C@@H](Oc3nc(-c4ccc(C(F)(F)F)cc4)nc4c3oc3ccccc34)CN2C1=O)C1CC1. The second-order valence-electron chi connectivity index (χ2n) is 16.5. The summed E-state index contributed by atoms with van der Waals surface area (Å²) in [5, 5.41) is 5.69.